The number of ether oxygens (including phenoxy) is 2. The topological polar surface area (TPSA) is 81.8 Å². The fourth-order valence-corrected chi connectivity index (χ4v) is 2.01. The Bertz CT molecular complexity index is 450. The van der Waals surface area contributed by atoms with Gasteiger partial charge in [0, 0.05) is 22.7 Å². The normalized spacial score (nSPS) is 12.2. The van der Waals surface area contributed by atoms with E-state index in [1.165, 1.54) is 13.0 Å². The lowest BCUT2D eigenvalue weighted by Crippen LogP contribution is -2.10. The maximum Gasteiger partial charge on any atom is 0.312 e. The van der Waals surface area contributed by atoms with Crippen LogP contribution in [-0.2, 0) is 4.74 Å². The third-order valence-corrected chi connectivity index (χ3v) is 2.85. The molecule has 0 aliphatic carbocycles. The van der Waals surface area contributed by atoms with Crippen molar-refractivity contribution in [1.82, 2.24) is 0 Å². The molecule has 106 valence electrons. The van der Waals surface area contributed by atoms with Gasteiger partial charge in [-0.3, -0.25) is 10.1 Å². The van der Waals surface area contributed by atoms with Crippen LogP contribution in [0.1, 0.15) is 25.5 Å². The average Bonchev–Trinajstić information content (AvgIpc) is 2.34. The van der Waals surface area contributed by atoms with Crippen LogP contribution >= 0.6 is 15.9 Å². The van der Waals surface area contributed by atoms with Gasteiger partial charge in [-0.15, -0.1) is 0 Å². The summed E-state index contributed by atoms with van der Waals surface area (Å²) < 4.78 is 11.0. The summed E-state index contributed by atoms with van der Waals surface area (Å²) in [6, 6.07) is 2.95. The maximum absolute atomic E-state index is 11.0. The molecule has 1 N–H and O–H groups in total. The van der Waals surface area contributed by atoms with Crippen LogP contribution in [0.3, 0.4) is 0 Å². The molecule has 0 saturated carbocycles. The van der Waals surface area contributed by atoms with Crippen molar-refractivity contribution < 1.29 is 19.5 Å². The molecule has 0 bridgehead atoms. The highest BCUT2D eigenvalue weighted by molar-refractivity contribution is 9.10. The van der Waals surface area contributed by atoms with Gasteiger partial charge in [0.25, 0.3) is 0 Å². The van der Waals surface area contributed by atoms with Crippen molar-refractivity contribution in [1.29, 1.82) is 0 Å². The molecule has 0 saturated heterocycles. The zero-order chi connectivity index (χ0) is 14.4. The van der Waals surface area contributed by atoms with Gasteiger partial charge in [-0.1, -0.05) is 15.9 Å². The van der Waals surface area contributed by atoms with Crippen molar-refractivity contribution in [3.8, 4) is 5.75 Å². The molecule has 0 amide bonds. The second kappa shape index (κ2) is 7.42. The largest absolute Gasteiger partial charge is 0.484 e. The van der Waals surface area contributed by atoms with Crippen molar-refractivity contribution in [2.24, 2.45) is 0 Å². The van der Waals surface area contributed by atoms with Crippen LogP contribution in [0.4, 0.5) is 5.69 Å². The number of hydrogen-bond acceptors (Lipinski definition) is 5. The molecular weight excluding hydrogens is 318 g/mol. The van der Waals surface area contributed by atoms with Crippen LogP contribution < -0.4 is 4.74 Å². The number of nitro benzene ring substituents is 1. The quantitative estimate of drug-likeness (QED) is 0.471. The summed E-state index contributed by atoms with van der Waals surface area (Å²) >= 11 is 3.18. The minimum Gasteiger partial charge on any atom is -0.484 e. The van der Waals surface area contributed by atoms with E-state index < -0.39 is 11.0 Å². The predicted octanol–water partition coefficient (Wildman–Crippen LogP) is 2.83. The molecule has 1 aromatic carbocycles. The SMILES string of the molecule is CCOCCOc1c(C(C)O)cc(Br)cc1[N+](=O)[O-]. The molecule has 0 aromatic heterocycles. The average molecular weight is 334 g/mol. The Morgan fingerprint density at radius 2 is 2.16 bits per heavy atom. The lowest BCUT2D eigenvalue weighted by Gasteiger charge is -2.14. The molecule has 0 radical (unpaired) electrons. The second-order valence-electron chi connectivity index (χ2n) is 3.82. The van der Waals surface area contributed by atoms with E-state index in [1.54, 1.807) is 6.07 Å². The number of nitro groups is 1. The molecule has 19 heavy (non-hydrogen) atoms. The van der Waals surface area contributed by atoms with Crippen LogP contribution in [0.15, 0.2) is 16.6 Å². The molecule has 0 aliphatic rings. The van der Waals surface area contributed by atoms with Gasteiger partial charge in [-0.25, -0.2) is 0 Å². The molecule has 1 rings (SSSR count). The number of nitrogens with zero attached hydrogens (tertiary/aromatic N) is 1. The molecule has 0 spiro atoms. The minimum atomic E-state index is -0.863. The molecule has 0 fully saturated rings. The highest BCUT2D eigenvalue weighted by Crippen LogP contribution is 2.37. The van der Waals surface area contributed by atoms with Crippen LogP contribution in [0.5, 0.6) is 5.75 Å². The Balaban J connectivity index is 3.05. The van der Waals surface area contributed by atoms with E-state index >= 15 is 0 Å². The first-order valence-electron chi connectivity index (χ1n) is 5.83. The van der Waals surface area contributed by atoms with Gasteiger partial charge in [0.05, 0.1) is 17.6 Å². The molecule has 1 atom stereocenters. The smallest absolute Gasteiger partial charge is 0.312 e. The van der Waals surface area contributed by atoms with Crippen molar-refractivity contribution in [2.75, 3.05) is 19.8 Å². The Hall–Kier alpha value is -1.18. The number of hydrogen-bond donors (Lipinski definition) is 1. The number of halogens is 1. The van der Waals surface area contributed by atoms with E-state index in [2.05, 4.69) is 15.9 Å². The van der Waals surface area contributed by atoms with Crippen LogP contribution in [0, 0.1) is 10.1 Å². The van der Waals surface area contributed by atoms with E-state index in [4.69, 9.17) is 9.47 Å². The van der Waals surface area contributed by atoms with Crippen molar-refractivity contribution in [2.45, 2.75) is 20.0 Å². The van der Waals surface area contributed by atoms with Gasteiger partial charge < -0.3 is 14.6 Å². The van der Waals surface area contributed by atoms with E-state index in [9.17, 15) is 15.2 Å². The summed E-state index contributed by atoms with van der Waals surface area (Å²) in [5.41, 5.74) is 0.194. The Kier molecular flexibility index (Phi) is 6.20. The third-order valence-electron chi connectivity index (χ3n) is 2.39. The molecule has 7 heteroatoms. The fraction of sp³-hybridized carbons (Fsp3) is 0.500. The third kappa shape index (κ3) is 4.45. The van der Waals surface area contributed by atoms with Gasteiger partial charge in [0.1, 0.15) is 6.61 Å². The summed E-state index contributed by atoms with van der Waals surface area (Å²) in [4.78, 5) is 10.5. The van der Waals surface area contributed by atoms with Gasteiger partial charge in [0.15, 0.2) is 0 Å². The van der Waals surface area contributed by atoms with Crippen molar-refractivity contribution >= 4 is 21.6 Å². The number of aliphatic hydroxyl groups is 1. The molecule has 6 nitrogen and oxygen atoms in total. The summed E-state index contributed by atoms with van der Waals surface area (Å²) in [7, 11) is 0. The van der Waals surface area contributed by atoms with E-state index in [0.29, 0.717) is 23.2 Å². The monoisotopic (exact) mass is 333 g/mol. The molecule has 1 aromatic rings. The second-order valence-corrected chi connectivity index (χ2v) is 4.74. The van der Waals surface area contributed by atoms with Gasteiger partial charge in [0.2, 0.25) is 5.75 Å². The number of aliphatic hydroxyl groups excluding tert-OH is 1. The highest BCUT2D eigenvalue weighted by atomic mass is 79.9. The molecule has 0 aliphatic heterocycles. The summed E-state index contributed by atoms with van der Waals surface area (Å²) in [6.45, 7) is 4.46. The zero-order valence-electron chi connectivity index (χ0n) is 10.8. The first-order valence-corrected chi connectivity index (χ1v) is 6.63. The summed E-state index contributed by atoms with van der Waals surface area (Å²) in [5.74, 6) is 0.0860. The molecule has 0 heterocycles. The lowest BCUT2D eigenvalue weighted by molar-refractivity contribution is -0.386. The van der Waals surface area contributed by atoms with Crippen molar-refractivity contribution in [3.05, 3.63) is 32.3 Å². The molecule has 1 unspecified atom stereocenters. The Morgan fingerprint density at radius 1 is 1.47 bits per heavy atom. The molecular formula is C12H16BrNO5. The van der Waals surface area contributed by atoms with Gasteiger partial charge in [-0.05, 0) is 19.9 Å². The lowest BCUT2D eigenvalue weighted by atomic mass is 10.1. The van der Waals surface area contributed by atoms with E-state index in [1.807, 2.05) is 6.92 Å². The van der Waals surface area contributed by atoms with Crippen LogP contribution in [0.25, 0.3) is 0 Å². The highest BCUT2D eigenvalue weighted by Gasteiger charge is 2.23. The Labute approximate surface area is 119 Å². The van der Waals surface area contributed by atoms with E-state index in [0.717, 1.165) is 0 Å². The summed E-state index contributed by atoms with van der Waals surface area (Å²) in [6.07, 6.45) is -0.863. The number of rotatable bonds is 7. The first-order chi connectivity index (χ1) is 8.97. The number of benzene rings is 1. The standard InChI is InChI=1S/C12H16BrNO5/c1-3-18-4-5-19-12-10(8(2)15)6-9(13)7-11(12)14(16)17/h6-8,15H,3-5H2,1-2H3. The van der Waals surface area contributed by atoms with Crippen LogP contribution in [0.2, 0.25) is 0 Å². The van der Waals surface area contributed by atoms with Gasteiger partial charge in [-0.2, -0.15) is 0 Å². The first kappa shape index (κ1) is 15.9. The Morgan fingerprint density at radius 3 is 2.68 bits per heavy atom. The van der Waals surface area contributed by atoms with Gasteiger partial charge >= 0.3 is 5.69 Å². The minimum absolute atomic E-state index is 0.0860. The van der Waals surface area contributed by atoms with Crippen molar-refractivity contribution in [3.63, 3.8) is 0 Å². The predicted molar refractivity (Wildman–Crippen MR) is 73.4 cm³/mol. The fourth-order valence-electron chi connectivity index (χ4n) is 1.55. The zero-order valence-corrected chi connectivity index (χ0v) is 12.3. The van der Waals surface area contributed by atoms with Crippen LogP contribution in [-0.4, -0.2) is 29.9 Å². The van der Waals surface area contributed by atoms with E-state index in [-0.39, 0.29) is 18.0 Å². The maximum atomic E-state index is 11.0. The summed E-state index contributed by atoms with van der Waals surface area (Å²) in [5, 5.41) is 20.7.